The number of carbonyl (C=O) groups excluding carboxylic acids is 1. The molecule has 2 atom stereocenters. The molecule has 3 rings (SSSR count). The van der Waals surface area contributed by atoms with Crippen LogP contribution in [0.25, 0.3) is 0 Å². The molecule has 0 saturated heterocycles. The predicted octanol–water partition coefficient (Wildman–Crippen LogP) is 3.88. The molecular weight excluding hydrogens is 224 g/mol. The Labute approximate surface area is 107 Å². The summed E-state index contributed by atoms with van der Waals surface area (Å²) in [6.07, 6.45) is 2.59. The van der Waals surface area contributed by atoms with E-state index in [9.17, 15) is 4.79 Å². The van der Waals surface area contributed by atoms with E-state index in [-0.39, 0.29) is 17.6 Å². The Morgan fingerprint density at radius 1 is 1.28 bits per heavy atom. The minimum Gasteiger partial charge on any atom is -0.469 e. The summed E-state index contributed by atoms with van der Waals surface area (Å²) in [5.41, 5.74) is 3.07. The molecule has 0 spiro atoms. The summed E-state index contributed by atoms with van der Waals surface area (Å²) in [6, 6.07) is 9.90. The molecule has 0 amide bonds. The van der Waals surface area contributed by atoms with E-state index >= 15 is 0 Å². The van der Waals surface area contributed by atoms with Gasteiger partial charge in [-0.25, -0.2) is 0 Å². The number of furan rings is 1. The average Bonchev–Trinajstić information content (AvgIpc) is 2.97. The van der Waals surface area contributed by atoms with E-state index in [1.165, 1.54) is 0 Å². The first kappa shape index (κ1) is 11.3. The highest BCUT2D eigenvalue weighted by atomic mass is 16.3. The lowest BCUT2D eigenvalue weighted by molar-refractivity contribution is 0.0963. The van der Waals surface area contributed by atoms with Crippen LogP contribution in [0, 0.1) is 19.8 Å². The van der Waals surface area contributed by atoms with Crippen LogP contribution in [0.5, 0.6) is 0 Å². The third kappa shape index (κ3) is 1.88. The molecule has 2 aromatic rings. The fraction of sp³-hybridized carbons (Fsp3) is 0.312. The maximum Gasteiger partial charge on any atom is 0.166 e. The van der Waals surface area contributed by atoms with Gasteiger partial charge in [-0.3, -0.25) is 4.79 Å². The van der Waals surface area contributed by atoms with Crippen molar-refractivity contribution in [2.45, 2.75) is 26.2 Å². The molecule has 2 heteroatoms. The molecule has 1 heterocycles. The lowest BCUT2D eigenvalue weighted by Crippen LogP contribution is -2.05. The molecule has 1 fully saturated rings. The van der Waals surface area contributed by atoms with Crippen LogP contribution in [0.15, 0.2) is 41.0 Å². The molecule has 18 heavy (non-hydrogen) atoms. The van der Waals surface area contributed by atoms with Crippen LogP contribution in [-0.2, 0) is 0 Å². The Morgan fingerprint density at radius 2 is 2.11 bits per heavy atom. The summed E-state index contributed by atoms with van der Waals surface area (Å²) in [7, 11) is 0. The first-order valence-electron chi connectivity index (χ1n) is 6.31. The van der Waals surface area contributed by atoms with Gasteiger partial charge in [0.25, 0.3) is 0 Å². The van der Waals surface area contributed by atoms with Gasteiger partial charge < -0.3 is 4.42 Å². The minimum atomic E-state index is 0.108. The second kappa shape index (κ2) is 4.13. The van der Waals surface area contributed by atoms with E-state index in [4.69, 9.17) is 4.42 Å². The van der Waals surface area contributed by atoms with E-state index in [2.05, 4.69) is 0 Å². The maximum atomic E-state index is 12.4. The lowest BCUT2D eigenvalue weighted by atomic mass is 9.98. The zero-order chi connectivity index (χ0) is 12.7. The first-order valence-corrected chi connectivity index (χ1v) is 6.31. The molecule has 1 aliphatic carbocycles. The van der Waals surface area contributed by atoms with Crippen LogP contribution < -0.4 is 0 Å². The van der Waals surface area contributed by atoms with Gasteiger partial charge in [0.15, 0.2) is 5.78 Å². The summed E-state index contributed by atoms with van der Waals surface area (Å²) < 4.78 is 5.38. The molecule has 92 valence electrons. The second-order valence-electron chi connectivity index (χ2n) is 5.15. The van der Waals surface area contributed by atoms with Gasteiger partial charge >= 0.3 is 0 Å². The Hall–Kier alpha value is -1.83. The quantitative estimate of drug-likeness (QED) is 0.762. The zero-order valence-corrected chi connectivity index (χ0v) is 10.6. The van der Waals surface area contributed by atoms with Crippen LogP contribution in [0.2, 0.25) is 0 Å². The summed E-state index contributed by atoms with van der Waals surface area (Å²) in [5.74, 6) is 1.60. The second-order valence-corrected chi connectivity index (χ2v) is 5.15. The molecule has 2 unspecified atom stereocenters. The van der Waals surface area contributed by atoms with E-state index in [1.807, 2.05) is 44.2 Å². The summed E-state index contributed by atoms with van der Waals surface area (Å²) >= 11 is 0. The van der Waals surface area contributed by atoms with Crippen molar-refractivity contribution in [1.82, 2.24) is 0 Å². The number of Topliss-reactive ketones (excluding diaryl/α,β-unsaturated/α-hetero) is 1. The Kier molecular flexibility index (Phi) is 2.58. The summed E-state index contributed by atoms with van der Waals surface area (Å²) in [5, 5.41) is 0. The van der Waals surface area contributed by atoms with Crippen molar-refractivity contribution in [3.05, 3.63) is 59.0 Å². The summed E-state index contributed by atoms with van der Waals surface area (Å²) in [4.78, 5) is 12.4. The van der Waals surface area contributed by atoms with Gasteiger partial charge in [-0.15, -0.1) is 0 Å². The fourth-order valence-electron chi connectivity index (χ4n) is 2.50. The van der Waals surface area contributed by atoms with Crippen molar-refractivity contribution >= 4 is 5.78 Å². The van der Waals surface area contributed by atoms with E-state index in [0.717, 1.165) is 28.9 Å². The highest BCUT2D eigenvalue weighted by Crippen LogP contribution is 2.49. The van der Waals surface area contributed by atoms with Gasteiger partial charge in [0.1, 0.15) is 5.76 Å². The molecule has 1 aromatic carbocycles. The van der Waals surface area contributed by atoms with Crippen molar-refractivity contribution in [1.29, 1.82) is 0 Å². The number of hydrogen-bond donors (Lipinski definition) is 0. The molecule has 1 aliphatic rings. The van der Waals surface area contributed by atoms with Crippen LogP contribution in [0.3, 0.4) is 0 Å². The number of benzene rings is 1. The van der Waals surface area contributed by atoms with Gasteiger partial charge in [-0.2, -0.15) is 0 Å². The third-order valence-electron chi connectivity index (χ3n) is 3.69. The SMILES string of the molecule is Cc1ccc(C)c(C(=O)C2CC2c2ccco2)c1. The molecule has 1 aromatic heterocycles. The largest absolute Gasteiger partial charge is 0.469 e. The van der Waals surface area contributed by atoms with E-state index < -0.39 is 0 Å². The molecule has 0 radical (unpaired) electrons. The average molecular weight is 240 g/mol. The zero-order valence-electron chi connectivity index (χ0n) is 10.6. The topological polar surface area (TPSA) is 30.2 Å². The van der Waals surface area contributed by atoms with Crippen LogP contribution >= 0.6 is 0 Å². The van der Waals surface area contributed by atoms with Crippen molar-refractivity contribution in [2.75, 3.05) is 0 Å². The molecular formula is C16H16O2. The Bertz CT molecular complexity index is 581. The van der Waals surface area contributed by atoms with Crippen LogP contribution in [0.4, 0.5) is 0 Å². The van der Waals surface area contributed by atoms with Crippen molar-refractivity contribution in [3.8, 4) is 0 Å². The van der Waals surface area contributed by atoms with E-state index in [1.54, 1.807) is 6.26 Å². The normalized spacial score (nSPS) is 21.9. The van der Waals surface area contributed by atoms with Gasteiger partial charge in [0, 0.05) is 17.4 Å². The number of carbonyl (C=O) groups is 1. The van der Waals surface area contributed by atoms with Gasteiger partial charge in [0.2, 0.25) is 0 Å². The number of hydrogen-bond acceptors (Lipinski definition) is 2. The predicted molar refractivity (Wildman–Crippen MR) is 69.8 cm³/mol. The lowest BCUT2D eigenvalue weighted by Gasteiger charge is -2.05. The number of aryl methyl sites for hydroxylation is 2. The van der Waals surface area contributed by atoms with Gasteiger partial charge in [-0.05, 0) is 44.0 Å². The Balaban J connectivity index is 1.83. The van der Waals surface area contributed by atoms with Gasteiger partial charge in [0.05, 0.1) is 6.26 Å². The van der Waals surface area contributed by atoms with E-state index in [0.29, 0.717) is 0 Å². The van der Waals surface area contributed by atoms with Crippen molar-refractivity contribution in [2.24, 2.45) is 5.92 Å². The highest BCUT2D eigenvalue weighted by molar-refractivity contribution is 6.01. The van der Waals surface area contributed by atoms with Crippen LogP contribution in [0.1, 0.15) is 39.6 Å². The van der Waals surface area contributed by atoms with Crippen molar-refractivity contribution < 1.29 is 9.21 Å². The molecule has 2 nitrogen and oxygen atoms in total. The molecule has 0 N–H and O–H groups in total. The Morgan fingerprint density at radius 3 is 2.83 bits per heavy atom. The number of rotatable bonds is 3. The fourth-order valence-corrected chi connectivity index (χ4v) is 2.50. The standard InChI is InChI=1S/C16H16O2/c1-10-5-6-11(2)12(8-10)16(17)14-9-13(14)15-4-3-7-18-15/h3-8,13-14H,9H2,1-2H3. The molecule has 0 aliphatic heterocycles. The first-order chi connectivity index (χ1) is 8.66. The maximum absolute atomic E-state index is 12.4. The monoisotopic (exact) mass is 240 g/mol. The van der Waals surface area contributed by atoms with Crippen molar-refractivity contribution in [3.63, 3.8) is 0 Å². The highest BCUT2D eigenvalue weighted by Gasteiger charge is 2.46. The summed E-state index contributed by atoms with van der Waals surface area (Å²) in [6.45, 7) is 4.02. The molecule has 0 bridgehead atoms. The smallest absolute Gasteiger partial charge is 0.166 e. The van der Waals surface area contributed by atoms with Gasteiger partial charge in [-0.1, -0.05) is 17.7 Å². The third-order valence-corrected chi connectivity index (χ3v) is 3.69. The minimum absolute atomic E-state index is 0.108. The number of ketones is 1. The molecule has 1 saturated carbocycles. The van der Waals surface area contributed by atoms with Crippen LogP contribution in [-0.4, -0.2) is 5.78 Å².